The van der Waals surface area contributed by atoms with Gasteiger partial charge in [0.05, 0.1) is 40.0 Å². The summed E-state index contributed by atoms with van der Waals surface area (Å²) in [6.07, 6.45) is 5.07. The van der Waals surface area contributed by atoms with Crippen LogP contribution in [0, 0.1) is 23.7 Å². The normalized spacial score (nSPS) is 31.0. The van der Waals surface area contributed by atoms with E-state index in [1.807, 2.05) is 28.2 Å². The molecule has 1 saturated carbocycles. The molecule has 0 radical (unpaired) electrons. The van der Waals surface area contributed by atoms with E-state index in [-0.39, 0.29) is 35.5 Å². The van der Waals surface area contributed by atoms with Crippen molar-refractivity contribution < 1.29 is 44.2 Å². The number of rotatable bonds is 1. The van der Waals surface area contributed by atoms with Crippen LogP contribution in [-0.4, -0.2) is 60.6 Å². The summed E-state index contributed by atoms with van der Waals surface area (Å²) in [5.74, 6) is -0.420. The predicted molar refractivity (Wildman–Crippen MR) is 85.0 cm³/mol. The Labute approximate surface area is 151 Å². The number of hydroxylamine groups is 2. The van der Waals surface area contributed by atoms with Crippen LogP contribution in [0.3, 0.4) is 0 Å². The number of allylic oxidation sites excluding steroid dienone is 2. The molecule has 4 unspecified atom stereocenters. The SMILES string of the molecule is CN(C)C(ON1C(=O)C2C3C=CC(C3)C2C1=O)=[N+](C)C.F[P-](F)(F)(F)(F)F. The molecule has 0 aromatic rings. The molecule has 4 atom stereocenters. The molecule has 27 heavy (non-hydrogen) atoms. The number of amidine groups is 1. The molecular formula is C14H20F6N3O3P. The third kappa shape index (κ3) is 5.33. The van der Waals surface area contributed by atoms with Gasteiger partial charge in [-0.25, -0.2) is 9.48 Å². The van der Waals surface area contributed by atoms with Crippen LogP contribution in [0.5, 0.6) is 0 Å². The van der Waals surface area contributed by atoms with Crippen molar-refractivity contribution in [3.05, 3.63) is 12.2 Å². The number of nitrogens with zero attached hydrogens (tertiary/aromatic N) is 3. The van der Waals surface area contributed by atoms with E-state index < -0.39 is 7.81 Å². The van der Waals surface area contributed by atoms with E-state index in [0.29, 0.717) is 6.02 Å². The number of fused-ring (bicyclic) bond motifs is 5. The molecule has 0 aromatic carbocycles. The van der Waals surface area contributed by atoms with Crippen molar-refractivity contribution >= 4 is 25.6 Å². The quantitative estimate of drug-likeness (QED) is 0.124. The molecule has 1 heterocycles. The zero-order valence-corrected chi connectivity index (χ0v) is 15.8. The molecule has 2 amide bonds. The van der Waals surface area contributed by atoms with Crippen molar-refractivity contribution in [1.82, 2.24) is 9.96 Å². The summed E-state index contributed by atoms with van der Waals surface area (Å²) in [6, 6.07) is 0.465. The Bertz CT molecular complexity index is 689. The maximum atomic E-state index is 12.5. The van der Waals surface area contributed by atoms with Crippen LogP contribution in [-0.2, 0) is 14.4 Å². The maximum absolute atomic E-state index is 12.5. The van der Waals surface area contributed by atoms with Crippen LogP contribution in [0.2, 0.25) is 0 Å². The van der Waals surface area contributed by atoms with E-state index in [9.17, 15) is 34.8 Å². The molecule has 3 rings (SSSR count). The molecule has 1 saturated heterocycles. The molecule has 3 aliphatic rings. The fourth-order valence-corrected chi connectivity index (χ4v) is 3.61. The van der Waals surface area contributed by atoms with Crippen molar-refractivity contribution in [2.45, 2.75) is 6.42 Å². The molecule has 2 fully saturated rings. The van der Waals surface area contributed by atoms with Gasteiger partial charge in [0.2, 0.25) is 0 Å². The average Bonchev–Trinajstić information content (AvgIpc) is 3.08. The Hall–Kier alpha value is -1.84. The summed E-state index contributed by atoms with van der Waals surface area (Å²) in [4.78, 5) is 32.3. The number of carbonyl (C=O) groups is 2. The second kappa shape index (κ2) is 5.83. The van der Waals surface area contributed by atoms with Gasteiger partial charge in [0.25, 0.3) is 11.8 Å². The predicted octanol–water partition coefficient (Wildman–Crippen LogP) is 3.30. The summed E-state index contributed by atoms with van der Waals surface area (Å²) in [5, 5.41) is 0.969. The number of hydrogen-bond acceptors (Lipinski definition) is 3. The Morgan fingerprint density at radius 3 is 1.70 bits per heavy atom. The Kier molecular flexibility index (Phi) is 4.63. The average molecular weight is 423 g/mol. The van der Waals surface area contributed by atoms with Crippen LogP contribution >= 0.6 is 7.81 Å². The monoisotopic (exact) mass is 423 g/mol. The first-order valence-electron chi connectivity index (χ1n) is 7.89. The molecule has 1 aliphatic heterocycles. The minimum absolute atomic E-state index is 0.196. The number of imide groups is 1. The van der Waals surface area contributed by atoms with Gasteiger partial charge in [-0.2, -0.15) is 0 Å². The number of hydrogen-bond donors (Lipinski definition) is 0. The number of amides is 2. The molecule has 0 spiro atoms. The van der Waals surface area contributed by atoms with Crippen molar-refractivity contribution in [2.75, 3.05) is 28.2 Å². The van der Waals surface area contributed by atoms with Crippen molar-refractivity contribution in [1.29, 1.82) is 0 Å². The van der Waals surface area contributed by atoms with Crippen molar-refractivity contribution in [3.63, 3.8) is 0 Å². The molecule has 2 bridgehead atoms. The molecule has 6 nitrogen and oxygen atoms in total. The van der Waals surface area contributed by atoms with Crippen molar-refractivity contribution in [3.8, 4) is 0 Å². The fraction of sp³-hybridized carbons (Fsp3) is 0.643. The zero-order valence-electron chi connectivity index (χ0n) is 15.0. The van der Waals surface area contributed by atoms with E-state index >= 15 is 0 Å². The summed E-state index contributed by atoms with van der Waals surface area (Å²) in [5.41, 5.74) is 0. The molecule has 156 valence electrons. The second-order valence-electron chi connectivity index (χ2n) is 7.09. The van der Waals surface area contributed by atoms with E-state index in [1.54, 1.807) is 9.48 Å². The first-order valence-corrected chi connectivity index (χ1v) is 9.91. The molecule has 2 aliphatic carbocycles. The van der Waals surface area contributed by atoms with E-state index in [4.69, 9.17) is 4.84 Å². The van der Waals surface area contributed by atoms with E-state index in [2.05, 4.69) is 12.2 Å². The van der Waals surface area contributed by atoms with Crippen LogP contribution in [0.25, 0.3) is 0 Å². The van der Waals surface area contributed by atoms with Crippen LogP contribution in [0.15, 0.2) is 12.2 Å². The van der Waals surface area contributed by atoms with Gasteiger partial charge in [0.15, 0.2) is 0 Å². The van der Waals surface area contributed by atoms with Crippen LogP contribution in [0.4, 0.5) is 25.2 Å². The first-order chi connectivity index (χ1) is 11.9. The Morgan fingerprint density at radius 2 is 1.41 bits per heavy atom. The standard InChI is InChI=1S/C14H20N3O3.F6P/c1-15(2)14(16(3)4)20-17-12(18)10-8-5-6-9(7-8)11(10)13(17)19;1-7(2,3,4,5)6/h5-6,8-11H,7H2,1-4H3;/q+1;-1. The molecule has 13 heteroatoms. The fourth-order valence-electron chi connectivity index (χ4n) is 3.61. The summed E-state index contributed by atoms with van der Waals surface area (Å²) in [7, 11) is -3.41. The van der Waals surface area contributed by atoms with Gasteiger partial charge in [-0.15, -0.1) is 0 Å². The number of carbonyl (C=O) groups excluding carboxylic acids is 2. The molecule has 0 N–H and O–H groups in total. The van der Waals surface area contributed by atoms with Gasteiger partial charge in [0.1, 0.15) is 0 Å². The van der Waals surface area contributed by atoms with Gasteiger partial charge in [0, 0.05) is 0 Å². The summed E-state index contributed by atoms with van der Waals surface area (Å²) in [6.45, 7) is 0. The second-order valence-corrected chi connectivity index (χ2v) is 9.01. The summed E-state index contributed by atoms with van der Waals surface area (Å²) < 4.78 is 60.9. The van der Waals surface area contributed by atoms with Crippen molar-refractivity contribution in [2.24, 2.45) is 23.7 Å². The number of halogens is 6. The van der Waals surface area contributed by atoms with Crippen LogP contribution < -0.4 is 0 Å². The van der Waals surface area contributed by atoms with E-state index in [0.717, 1.165) is 11.5 Å². The zero-order chi connectivity index (χ0) is 21.0. The van der Waals surface area contributed by atoms with Gasteiger partial charge >= 0.3 is 39.0 Å². The molecule has 0 aromatic heterocycles. The van der Waals surface area contributed by atoms with Gasteiger partial charge in [-0.05, 0) is 18.3 Å². The Balaban J connectivity index is 0.000000321. The minimum atomic E-state index is -10.7. The third-order valence-electron chi connectivity index (χ3n) is 4.37. The Morgan fingerprint density at radius 1 is 1.04 bits per heavy atom. The molecular weight excluding hydrogens is 403 g/mol. The van der Waals surface area contributed by atoms with Gasteiger partial charge in [-0.1, -0.05) is 17.2 Å². The van der Waals surface area contributed by atoms with Crippen LogP contribution in [0.1, 0.15) is 6.42 Å². The van der Waals surface area contributed by atoms with Gasteiger partial charge in [-0.3, -0.25) is 14.4 Å². The topological polar surface area (TPSA) is 52.9 Å². The van der Waals surface area contributed by atoms with E-state index in [1.165, 1.54) is 0 Å². The van der Waals surface area contributed by atoms with Gasteiger partial charge < -0.3 is 0 Å². The third-order valence-corrected chi connectivity index (χ3v) is 4.37. The summed E-state index contributed by atoms with van der Waals surface area (Å²) >= 11 is 0. The first kappa shape index (κ1) is 21.5.